The first-order valence-corrected chi connectivity index (χ1v) is 11.9. The van der Waals surface area contributed by atoms with Crippen LogP contribution in [0.3, 0.4) is 0 Å². The molecule has 1 N–H and O–H groups in total. The van der Waals surface area contributed by atoms with Crippen molar-refractivity contribution in [3.63, 3.8) is 0 Å². The monoisotopic (exact) mass is 538 g/mol. The van der Waals surface area contributed by atoms with Gasteiger partial charge in [0.25, 0.3) is 5.91 Å². The van der Waals surface area contributed by atoms with E-state index in [9.17, 15) is 18.0 Å². The number of nitrogens with zero attached hydrogens (tertiary/aromatic N) is 5. The van der Waals surface area contributed by atoms with Crippen LogP contribution in [0.4, 0.5) is 37.7 Å². The number of aryl methyl sites for hydroxylation is 1. The van der Waals surface area contributed by atoms with Crippen molar-refractivity contribution in [3.05, 3.63) is 70.8 Å². The van der Waals surface area contributed by atoms with Gasteiger partial charge < -0.3 is 19.7 Å². The molecule has 0 spiro atoms. The van der Waals surface area contributed by atoms with Crippen LogP contribution in [0.15, 0.2) is 42.7 Å². The molecule has 1 amide bonds. The topological polar surface area (TPSA) is 66.3 Å². The van der Waals surface area contributed by atoms with Gasteiger partial charge >= 0.3 is 12.1 Å². The number of amides is 1. The molecule has 5 rings (SSSR count). The SMILES string of the molecule is Cn1cnnc1C(F)(F)[C@](C)(F)c1cccc(N2Cc3c(cc(N4CCNCC4)cc3C(F)(F)F)C2=O)c1. The fraction of sp³-hybridized carbons (Fsp3) is 0.400. The highest BCUT2D eigenvalue weighted by atomic mass is 19.4. The Labute approximate surface area is 214 Å². The van der Waals surface area contributed by atoms with Gasteiger partial charge in [0.2, 0.25) is 11.5 Å². The molecule has 0 radical (unpaired) electrons. The molecule has 3 aromatic rings. The molecule has 0 bridgehead atoms. The molecule has 1 atom stereocenters. The molecule has 0 unspecified atom stereocenters. The number of rotatable bonds is 5. The minimum atomic E-state index is -4.72. The lowest BCUT2D eigenvalue weighted by molar-refractivity contribution is -0.149. The maximum absolute atomic E-state index is 15.8. The first-order valence-electron chi connectivity index (χ1n) is 11.9. The van der Waals surface area contributed by atoms with E-state index in [-0.39, 0.29) is 22.5 Å². The maximum Gasteiger partial charge on any atom is 0.416 e. The fourth-order valence-electron chi connectivity index (χ4n) is 4.88. The number of benzene rings is 2. The van der Waals surface area contributed by atoms with E-state index in [1.807, 2.05) is 0 Å². The summed E-state index contributed by atoms with van der Waals surface area (Å²) >= 11 is 0. The molecule has 2 aromatic carbocycles. The van der Waals surface area contributed by atoms with Crippen LogP contribution in [-0.2, 0) is 31.4 Å². The van der Waals surface area contributed by atoms with Crippen molar-refractivity contribution < 1.29 is 31.1 Å². The number of carbonyl (C=O) groups is 1. The van der Waals surface area contributed by atoms with Crippen molar-refractivity contribution >= 4 is 17.3 Å². The highest BCUT2D eigenvalue weighted by molar-refractivity contribution is 6.11. The molecule has 1 saturated heterocycles. The minimum absolute atomic E-state index is 0.00168. The second-order valence-corrected chi connectivity index (χ2v) is 9.54. The molecule has 1 fully saturated rings. The fourth-order valence-corrected chi connectivity index (χ4v) is 4.88. The number of aromatic nitrogens is 3. The number of fused-ring (bicyclic) bond motifs is 1. The van der Waals surface area contributed by atoms with E-state index >= 15 is 13.2 Å². The summed E-state index contributed by atoms with van der Waals surface area (Å²) in [5.41, 5.74) is -4.72. The molecule has 1 aromatic heterocycles. The van der Waals surface area contributed by atoms with Crippen molar-refractivity contribution in [1.82, 2.24) is 20.1 Å². The number of nitrogens with one attached hydrogen (secondary N) is 1. The van der Waals surface area contributed by atoms with E-state index in [4.69, 9.17) is 0 Å². The Bertz CT molecular complexity index is 1380. The number of anilines is 2. The third kappa shape index (κ3) is 4.18. The van der Waals surface area contributed by atoms with E-state index in [0.29, 0.717) is 33.1 Å². The number of halogens is 6. The predicted octanol–water partition coefficient (Wildman–Crippen LogP) is 4.38. The number of hydrogen-bond acceptors (Lipinski definition) is 5. The zero-order chi connectivity index (χ0) is 27.5. The summed E-state index contributed by atoms with van der Waals surface area (Å²) in [6.45, 7) is 2.38. The van der Waals surface area contributed by atoms with Gasteiger partial charge in [0.05, 0.1) is 12.1 Å². The van der Waals surface area contributed by atoms with Gasteiger partial charge in [-0.05, 0) is 42.3 Å². The lowest BCUT2D eigenvalue weighted by Crippen LogP contribution is -2.43. The largest absolute Gasteiger partial charge is 0.416 e. The number of alkyl halides is 6. The van der Waals surface area contributed by atoms with E-state index in [1.54, 1.807) is 4.90 Å². The van der Waals surface area contributed by atoms with Crippen molar-refractivity contribution in [2.45, 2.75) is 31.2 Å². The van der Waals surface area contributed by atoms with Gasteiger partial charge in [0, 0.05) is 50.2 Å². The van der Waals surface area contributed by atoms with Gasteiger partial charge in [-0.15, -0.1) is 10.2 Å². The summed E-state index contributed by atoms with van der Waals surface area (Å²) in [4.78, 5) is 16.2. The number of hydrogen-bond donors (Lipinski definition) is 1. The number of carbonyl (C=O) groups excluding carboxylic acids is 1. The summed E-state index contributed by atoms with van der Waals surface area (Å²) in [6.07, 6.45) is -3.70. The highest BCUT2D eigenvalue weighted by Crippen LogP contribution is 2.48. The maximum atomic E-state index is 15.8. The standard InChI is InChI=1S/C25H24F6N6O/c1-23(26,24(27,28)22-34-33-14-35(22)2)15-4-3-5-16(10-15)37-13-19-18(21(37)38)11-17(12-20(19)25(29,30)31)36-8-6-32-7-9-36/h3-5,10-12,14,32H,6-9,13H2,1-2H3/t23-/m1/s1. The van der Waals surface area contributed by atoms with Crippen molar-refractivity contribution in [2.24, 2.45) is 7.05 Å². The Kier molecular flexibility index (Phi) is 6.16. The highest BCUT2D eigenvalue weighted by Gasteiger charge is 2.57. The van der Waals surface area contributed by atoms with Crippen molar-refractivity contribution in [3.8, 4) is 0 Å². The van der Waals surface area contributed by atoms with Crippen LogP contribution in [0.2, 0.25) is 0 Å². The number of piperazine rings is 1. The molecule has 7 nitrogen and oxygen atoms in total. The van der Waals surface area contributed by atoms with Crippen molar-refractivity contribution in [1.29, 1.82) is 0 Å². The molecule has 3 heterocycles. The smallest absolute Gasteiger partial charge is 0.369 e. The van der Waals surface area contributed by atoms with Gasteiger partial charge in [-0.2, -0.15) is 22.0 Å². The molecular formula is C25H24F6N6O. The summed E-state index contributed by atoms with van der Waals surface area (Å²) < 4.78 is 89.2. The van der Waals surface area contributed by atoms with Crippen molar-refractivity contribution in [2.75, 3.05) is 36.0 Å². The molecule has 202 valence electrons. The van der Waals surface area contributed by atoms with Gasteiger partial charge in [0.15, 0.2) is 0 Å². The van der Waals surface area contributed by atoms with Gasteiger partial charge in [-0.25, -0.2) is 4.39 Å². The Balaban J connectivity index is 1.52. The third-order valence-corrected chi connectivity index (χ3v) is 7.10. The summed E-state index contributed by atoms with van der Waals surface area (Å²) in [5, 5.41) is 9.86. The van der Waals surface area contributed by atoms with Gasteiger partial charge in [-0.1, -0.05) is 12.1 Å². The van der Waals surface area contributed by atoms with E-state index < -0.39 is 47.2 Å². The first kappa shape index (κ1) is 26.0. The molecule has 0 saturated carbocycles. The van der Waals surface area contributed by atoms with Crippen LogP contribution < -0.4 is 15.1 Å². The van der Waals surface area contributed by atoms with Crippen LogP contribution in [0.1, 0.15) is 39.8 Å². The molecule has 38 heavy (non-hydrogen) atoms. The van der Waals surface area contributed by atoms with Gasteiger partial charge in [0.1, 0.15) is 6.33 Å². The van der Waals surface area contributed by atoms with E-state index in [0.717, 1.165) is 34.0 Å². The van der Waals surface area contributed by atoms with Crippen LogP contribution >= 0.6 is 0 Å². The molecule has 2 aliphatic rings. The van der Waals surface area contributed by atoms with E-state index in [1.165, 1.54) is 25.2 Å². The Morgan fingerprint density at radius 1 is 0.974 bits per heavy atom. The Hall–Kier alpha value is -3.61. The average molecular weight is 538 g/mol. The molecular weight excluding hydrogens is 514 g/mol. The van der Waals surface area contributed by atoms with Crippen LogP contribution in [-0.4, -0.2) is 46.9 Å². The summed E-state index contributed by atoms with van der Waals surface area (Å²) in [6, 6.07) is 7.31. The Morgan fingerprint density at radius 2 is 1.68 bits per heavy atom. The minimum Gasteiger partial charge on any atom is -0.369 e. The second-order valence-electron chi connectivity index (χ2n) is 9.54. The normalized spacial score (nSPS) is 18.1. The second kappa shape index (κ2) is 9.00. The Morgan fingerprint density at radius 3 is 2.32 bits per heavy atom. The zero-order valence-electron chi connectivity index (χ0n) is 20.5. The van der Waals surface area contributed by atoms with Crippen LogP contribution in [0, 0.1) is 0 Å². The third-order valence-electron chi connectivity index (χ3n) is 7.10. The lowest BCUT2D eigenvalue weighted by Gasteiger charge is -2.30. The van der Waals surface area contributed by atoms with E-state index in [2.05, 4.69) is 15.5 Å². The zero-order valence-corrected chi connectivity index (χ0v) is 20.5. The summed E-state index contributed by atoms with van der Waals surface area (Å²) in [5.74, 6) is -5.72. The quantitative estimate of drug-likeness (QED) is 0.489. The molecule has 0 aliphatic carbocycles. The van der Waals surface area contributed by atoms with Crippen LogP contribution in [0.5, 0.6) is 0 Å². The first-order chi connectivity index (χ1) is 17.8. The summed E-state index contributed by atoms with van der Waals surface area (Å²) in [7, 11) is 1.25. The average Bonchev–Trinajstić information content (AvgIpc) is 3.47. The lowest BCUT2D eigenvalue weighted by atomic mass is 9.90. The molecule has 13 heteroatoms. The predicted molar refractivity (Wildman–Crippen MR) is 127 cm³/mol. The van der Waals surface area contributed by atoms with Crippen LogP contribution in [0.25, 0.3) is 0 Å². The van der Waals surface area contributed by atoms with Gasteiger partial charge in [-0.3, -0.25) is 4.79 Å². The molecule has 2 aliphatic heterocycles.